The maximum atomic E-state index is 13.2. The van der Waals surface area contributed by atoms with Gasteiger partial charge in [-0.05, 0) is 27.5 Å². The Hall–Kier alpha value is -2.78. The van der Waals surface area contributed by atoms with Crippen LogP contribution in [0.2, 0.25) is 5.04 Å². The Balaban J connectivity index is 2.48. The molecule has 0 bridgehead atoms. The van der Waals surface area contributed by atoms with E-state index in [1.165, 1.54) is 12.1 Å². The van der Waals surface area contributed by atoms with E-state index in [2.05, 4.69) is 0 Å². The van der Waals surface area contributed by atoms with Crippen LogP contribution in [0.15, 0.2) is 78.9 Å². The third-order valence-corrected chi connectivity index (χ3v) is 12.4. The zero-order chi connectivity index (χ0) is 23.8. The van der Waals surface area contributed by atoms with Crippen molar-refractivity contribution in [3.05, 3.63) is 78.9 Å². The van der Waals surface area contributed by atoms with E-state index >= 15 is 0 Å². The number of nitrogens with two attached hydrogens (primary N) is 1. The molecule has 0 heterocycles. The molecule has 0 aliphatic heterocycles. The highest BCUT2D eigenvalue weighted by Gasteiger charge is 2.54. The van der Waals surface area contributed by atoms with Gasteiger partial charge in [0.25, 0.3) is 0 Å². The van der Waals surface area contributed by atoms with E-state index < -0.39 is 34.5 Å². The fourth-order valence-corrected chi connectivity index (χ4v) is 10.6. The van der Waals surface area contributed by atoms with E-state index in [9.17, 15) is 21.6 Å². The van der Waals surface area contributed by atoms with Gasteiger partial charge in [-0.2, -0.15) is 21.6 Å². The Morgan fingerprint density at radius 3 is 1.66 bits per heavy atom. The minimum atomic E-state index is -5.89. The predicted molar refractivity (Wildman–Crippen MR) is 124 cm³/mol. The van der Waals surface area contributed by atoms with Crippen LogP contribution in [0.3, 0.4) is 0 Å². The summed E-state index contributed by atoms with van der Waals surface area (Å²) in [4.78, 5) is 0. The Labute approximate surface area is 187 Å². The Kier molecular flexibility index (Phi) is 6.18. The molecule has 0 saturated heterocycles. The fourth-order valence-electron chi connectivity index (χ4n) is 4.26. The molecule has 9 heteroatoms. The maximum Gasteiger partial charge on any atom is 0.534 e. The molecule has 3 aromatic carbocycles. The molecule has 0 unspecified atom stereocenters. The number of nitrogen functional groups attached to an aromatic ring is 1. The van der Waals surface area contributed by atoms with Crippen molar-refractivity contribution in [2.45, 2.75) is 31.3 Å². The molecule has 170 valence electrons. The van der Waals surface area contributed by atoms with E-state index in [4.69, 9.17) is 9.92 Å². The molecule has 0 aromatic heterocycles. The van der Waals surface area contributed by atoms with Crippen LogP contribution in [0, 0.1) is 0 Å². The molecule has 4 nitrogen and oxygen atoms in total. The van der Waals surface area contributed by atoms with E-state index in [0.29, 0.717) is 0 Å². The maximum absolute atomic E-state index is 13.2. The Morgan fingerprint density at radius 2 is 1.25 bits per heavy atom. The zero-order valence-corrected chi connectivity index (χ0v) is 19.7. The van der Waals surface area contributed by atoms with Crippen LogP contribution in [-0.4, -0.2) is 22.0 Å². The lowest BCUT2D eigenvalue weighted by molar-refractivity contribution is -0.0499. The summed E-state index contributed by atoms with van der Waals surface area (Å²) in [6, 6.07) is 22.8. The van der Waals surface area contributed by atoms with Gasteiger partial charge >= 0.3 is 15.6 Å². The van der Waals surface area contributed by atoms with Crippen LogP contribution in [-0.2, 0) is 10.1 Å². The second-order valence-corrected chi connectivity index (χ2v) is 14.6. The lowest BCUT2D eigenvalue weighted by atomic mass is 10.2. The highest BCUT2D eigenvalue weighted by molar-refractivity contribution is 7.88. The molecule has 32 heavy (non-hydrogen) atoms. The minimum Gasteiger partial charge on any atom is -0.399 e. The average Bonchev–Trinajstić information content (AvgIpc) is 2.70. The third kappa shape index (κ3) is 4.02. The summed E-state index contributed by atoms with van der Waals surface area (Å²) in [6.45, 7) is 5.94. The molecule has 0 fully saturated rings. The molecular formula is C23H24F3NO3SSi. The molecule has 0 radical (unpaired) electrons. The van der Waals surface area contributed by atoms with Gasteiger partial charge in [-0.15, -0.1) is 0 Å². The number of rotatable bonds is 5. The highest BCUT2D eigenvalue weighted by Crippen LogP contribution is 2.39. The lowest BCUT2D eigenvalue weighted by Gasteiger charge is -2.45. The first-order valence-corrected chi connectivity index (χ1v) is 13.2. The van der Waals surface area contributed by atoms with Crippen molar-refractivity contribution in [1.29, 1.82) is 0 Å². The van der Waals surface area contributed by atoms with Crippen molar-refractivity contribution >= 4 is 39.4 Å². The number of hydrogen-bond donors (Lipinski definition) is 1. The number of alkyl halides is 3. The topological polar surface area (TPSA) is 69.4 Å². The normalized spacial score (nSPS) is 13.1. The van der Waals surface area contributed by atoms with Crippen LogP contribution in [0.1, 0.15) is 20.8 Å². The van der Waals surface area contributed by atoms with Gasteiger partial charge in [0.05, 0.1) is 0 Å². The van der Waals surface area contributed by atoms with Crippen LogP contribution >= 0.6 is 0 Å². The van der Waals surface area contributed by atoms with Crippen molar-refractivity contribution in [2.24, 2.45) is 0 Å². The molecule has 2 N–H and O–H groups in total. The van der Waals surface area contributed by atoms with Crippen LogP contribution in [0.25, 0.3) is 0 Å². The summed E-state index contributed by atoms with van der Waals surface area (Å²) in [6.07, 6.45) is 0. The second kappa shape index (κ2) is 8.29. The van der Waals surface area contributed by atoms with Gasteiger partial charge in [-0.25, -0.2) is 0 Å². The summed E-state index contributed by atoms with van der Waals surface area (Å²) in [7, 11) is -9.15. The van der Waals surface area contributed by atoms with Gasteiger partial charge in [0.2, 0.25) is 0 Å². The number of hydrogen-bond acceptors (Lipinski definition) is 4. The fraction of sp³-hybridized carbons (Fsp3) is 0.217. The number of halogens is 3. The van der Waals surface area contributed by atoms with Gasteiger partial charge in [0, 0.05) is 10.9 Å². The molecular weight excluding hydrogens is 455 g/mol. The van der Waals surface area contributed by atoms with Gasteiger partial charge in [0.15, 0.2) is 8.07 Å². The summed E-state index contributed by atoms with van der Waals surface area (Å²) >= 11 is 0. The minimum absolute atomic E-state index is 0.175. The van der Waals surface area contributed by atoms with E-state index in [1.54, 1.807) is 6.07 Å². The highest BCUT2D eigenvalue weighted by atomic mass is 32.2. The van der Waals surface area contributed by atoms with E-state index in [1.807, 2.05) is 81.4 Å². The van der Waals surface area contributed by atoms with Crippen molar-refractivity contribution in [3.8, 4) is 5.75 Å². The average molecular weight is 480 g/mol. The Bertz CT molecular complexity index is 1150. The molecule has 0 amide bonds. The zero-order valence-electron chi connectivity index (χ0n) is 17.8. The monoisotopic (exact) mass is 479 g/mol. The molecule has 3 aromatic rings. The first-order chi connectivity index (χ1) is 14.8. The van der Waals surface area contributed by atoms with Crippen molar-refractivity contribution < 1.29 is 25.8 Å². The first-order valence-electron chi connectivity index (χ1n) is 9.83. The largest absolute Gasteiger partial charge is 0.534 e. The van der Waals surface area contributed by atoms with Crippen LogP contribution < -0.4 is 25.5 Å². The van der Waals surface area contributed by atoms with Gasteiger partial charge in [-0.3, -0.25) is 0 Å². The molecule has 0 spiro atoms. The number of benzene rings is 3. The van der Waals surface area contributed by atoms with E-state index in [0.717, 1.165) is 10.4 Å². The van der Waals surface area contributed by atoms with Gasteiger partial charge < -0.3 is 9.92 Å². The third-order valence-electron chi connectivity index (χ3n) is 5.46. The smallest absolute Gasteiger partial charge is 0.399 e. The lowest BCUT2D eigenvalue weighted by Crippen LogP contribution is -2.72. The standard InChI is InChI=1S/C23H24F3NO3SSi/c1-22(2,3)32(17-11-6-4-7-12-17,18-13-8-5-9-14-18)21-19(27)15-10-16-20(21)30-31(28,29)23(24,25)26/h4-16H,27H2,1-3H3. The van der Waals surface area contributed by atoms with Crippen LogP contribution in [0.5, 0.6) is 5.75 Å². The predicted octanol–water partition coefficient (Wildman–Crippen LogP) is 3.77. The van der Waals surface area contributed by atoms with Crippen molar-refractivity contribution in [1.82, 2.24) is 0 Å². The quantitative estimate of drug-likeness (QED) is 0.199. The van der Waals surface area contributed by atoms with Gasteiger partial charge in [0.1, 0.15) is 5.75 Å². The molecule has 0 aliphatic carbocycles. The summed E-state index contributed by atoms with van der Waals surface area (Å²) in [5, 5.41) is 1.49. The van der Waals surface area contributed by atoms with E-state index in [-0.39, 0.29) is 10.9 Å². The molecule has 3 rings (SSSR count). The summed E-state index contributed by atoms with van der Waals surface area (Å²) in [5.74, 6) is -0.406. The van der Waals surface area contributed by atoms with Gasteiger partial charge in [-0.1, -0.05) is 87.5 Å². The Morgan fingerprint density at radius 1 is 0.781 bits per heavy atom. The van der Waals surface area contributed by atoms with Crippen molar-refractivity contribution in [2.75, 3.05) is 5.73 Å². The molecule has 0 atom stereocenters. The summed E-state index contributed by atoms with van der Waals surface area (Å²) in [5.41, 5.74) is 0.991. The molecule has 0 saturated carbocycles. The van der Waals surface area contributed by atoms with Crippen LogP contribution in [0.4, 0.5) is 18.9 Å². The van der Waals surface area contributed by atoms with Crippen molar-refractivity contribution in [3.63, 3.8) is 0 Å². The first kappa shape index (κ1) is 23.9. The number of anilines is 1. The molecule has 0 aliphatic rings. The SMILES string of the molecule is CC(C)(C)[Si](c1ccccc1)(c1ccccc1)c1c(N)cccc1OS(=O)(=O)C(F)(F)F. The second-order valence-electron chi connectivity index (χ2n) is 8.44. The summed E-state index contributed by atoms with van der Waals surface area (Å²) < 4.78 is 68.2.